The second-order valence-corrected chi connectivity index (χ2v) is 3.03. The van der Waals surface area contributed by atoms with E-state index >= 15 is 0 Å². The Morgan fingerprint density at radius 2 is 2.33 bits per heavy atom. The summed E-state index contributed by atoms with van der Waals surface area (Å²) in [6, 6.07) is 3.08. The fraction of sp³-hybridized carbons (Fsp3) is 0.333. The van der Waals surface area contributed by atoms with Crippen molar-refractivity contribution in [2.75, 3.05) is 7.11 Å². The molecule has 0 radical (unpaired) electrons. The number of pyridine rings is 1. The van der Waals surface area contributed by atoms with Crippen LogP contribution in [0.5, 0.6) is 5.75 Å². The number of halogens is 3. The van der Waals surface area contributed by atoms with Crippen LogP contribution in [0.15, 0.2) is 6.07 Å². The predicted octanol–water partition coefficient (Wildman–Crippen LogP) is 2.75. The molecule has 0 aliphatic rings. The van der Waals surface area contributed by atoms with E-state index in [-0.39, 0.29) is 22.9 Å². The Bertz CT molecular complexity index is 404. The molecule has 0 saturated carbocycles. The zero-order valence-electron chi connectivity index (χ0n) is 7.80. The number of aromatic nitrogens is 1. The summed E-state index contributed by atoms with van der Waals surface area (Å²) < 4.78 is 30.0. The second-order valence-electron chi connectivity index (χ2n) is 2.65. The van der Waals surface area contributed by atoms with E-state index in [4.69, 9.17) is 21.6 Å². The van der Waals surface area contributed by atoms with E-state index in [0.29, 0.717) is 0 Å². The molecule has 80 valence electrons. The third-order valence-corrected chi connectivity index (χ3v) is 1.96. The molecule has 6 heteroatoms. The highest BCUT2D eigenvalue weighted by molar-refractivity contribution is 6.29. The van der Waals surface area contributed by atoms with Gasteiger partial charge in [0, 0.05) is 11.6 Å². The molecular formula is C9H7ClF2N2O. The molecule has 1 aromatic heterocycles. The molecule has 0 aliphatic carbocycles. The molecule has 0 spiro atoms. The zero-order valence-corrected chi connectivity index (χ0v) is 8.55. The fourth-order valence-corrected chi connectivity index (χ4v) is 1.35. The maximum atomic E-state index is 12.6. The second kappa shape index (κ2) is 4.89. The average Bonchev–Trinajstić information content (AvgIpc) is 2.19. The van der Waals surface area contributed by atoms with Gasteiger partial charge in [0.15, 0.2) is 0 Å². The predicted molar refractivity (Wildman–Crippen MR) is 50.1 cm³/mol. The van der Waals surface area contributed by atoms with Crippen LogP contribution in [0.2, 0.25) is 5.15 Å². The highest BCUT2D eigenvalue weighted by atomic mass is 35.5. The first-order valence-electron chi connectivity index (χ1n) is 3.98. The van der Waals surface area contributed by atoms with Crippen molar-refractivity contribution in [3.05, 3.63) is 22.5 Å². The van der Waals surface area contributed by atoms with E-state index in [0.717, 1.165) is 0 Å². The van der Waals surface area contributed by atoms with Gasteiger partial charge in [0.1, 0.15) is 16.6 Å². The van der Waals surface area contributed by atoms with Crippen LogP contribution in [0, 0.1) is 11.3 Å². The topological polar surface area (TPSA) is 45.9 Å². The van der Waals surface area contributed by atoms with Crippen molar-refractivity contribution in [3.8, 4) is 11.8 Å². The largest absolute Gasteiger partial charge is 0.496 e. The number of alkyl halides is 2. The third-order valence-electron chi connectivity index (χ3n) is 1.77. The lowest BCUT2D eigenvalue weighted by Crippen LogP contribution is -2.02. The third kappa shape index (κ3) is 2.54. The van der Waals surface area contributed by atoms with E-state index in [1.54, 1.807) is 6.07 Å². The molecule has 15 heavy (non-hydrogen) atoms. The summed E-state index contributed by atoms with van der Waals surface area (Å²) in [6.07, 6.45) is -2.96. The summed E-state index contributed by atoms with van der Waals surface area (Å²) in [5, 5.41) is 8.42. The van der Waals surface area contributed by atoms with E-state index < -0.39 is 12.1 Å². The van der Waals surface area contributed by atoms with Gasteiger partial charge < -0.3 is 4.74 Å². The minimum atomic E-state index is -2.78. The molecule has 0 atom stereocenters. The van der Waals surface area contributed by atoms with Crippen LogP contribution in [0.4, 0.5) is 8.78 Å². The SMILES string of the molecule is COc1cc(Cl)nc(C(F)F)c1CC#N. The molecule has 0 bridgehead atoms. The summed E-state index contributed by atoms with van der Waals surface area (Å²) in [7, 11) is 1.32. The molecule has 0 amide bonds. The minimum absolute atomic E-state index is 0.0798. The molecule has 0 fully saturated rings. The van der Waals surface area contributed by atoms with Gasteiger partial charge in [-0.25, -0.2) is 13.8 Å². The van der Waals surface area contributed by atoms with Crippen molar-refractivity contribution in [2.24, 2.45) is 0 Å². The number of methoxy groups -OCH3 is 1. The van der Waals surface area contributed by atoms with Gasteiger partial charge in [0.05, 0.1) is 19.6 Å². The Kier molecular flexibility index (Phi) is 3.81. The van der Waals surface area contributed by atoms with Gasteiger partial charge in [0.2, 0.25) is 0 Å². The molecule has 0 unspecified atom stereocenters. The molecule has 3 nitrogen and oxygen atoms in total. The van der Waals surface area contributed by atoms with Gasteiger partial charge in [-0.2, -0.15) is 5.26 Å². The number of nitrogens with zero attached hydrogens (tertiary/aromatic N) is 2. The molecule has 1 aromatic rings. The summed E-state index contributed by atoms with van der Waals surface area (Å²) in [6.45, 7) is 0. The first kappa shape index (κ1) is 11.7. The summed E-state index contributed by atoms with van der Waals surface area (Å²) in [4.78, 5) is 3.48. The van der Waals surface area contributed by atoms with E-state index in [1.807, 2.05) is 0 Å². The molecule has 0 N–H and O–H groups in total. The fourth-order valence-electron chi connectivity index (χ4n) is 1.16. The van der Waals surface area contributed by atoms with E-state index in [2.05, 4.69) is 4.98 Å². The lowest BCUT2D eigenvalue weighted by Gasteiger charge is -2.10. The number of nitriles is 1. The van der Waals surface area contributed by atoms with Gasteiger partial charge in [-0.1, -0.05) is 11.6 Å². The number of ether oxygens (including phenoxy) is 1. The summed E-state index contributed by atoms with van der Waals surface area (Å²) in [5.74, 6) is 0.159. The smallest absolute Gasteiger partial charge is 0.280 e. The number of rotatable bonds is 3. The monoisotopic (exact) mass is 232 g/mol. The Morgan fingerprint density at radius 1 is 1.67 bits per heavy atom. The van der Waals surface area contributed by atoms with Gasteiger partial charge in [-0.15, -0.1) is 0 Å². The summed E-state index contributed by atoms with van der Waals surface area (Å²) in [5.41, 5.74) is -0.416. The lowest BCUT2D eigenvalue weighted by molar-refractivity contribution is 0.144. The molecule has 0 saturated heterocycles. The van der Waals surface area contributed by atoms with Crippen molar-refractivity contribution in [1.82, 2.24) is 4.98 Å². The van der Waals surface area contributed by atoms with Crippen LogP contribution in [0.1, 0.15) is 17.7 Å². The van der Waals surface area contributed by atoms with Gasteiger partial charge in [0.25, 0.3) is 6.43 Å². The molecular weight excluding hydrogens is 226 g/mol. The Labute approximate surface area is 90.3 Å². The quantitative estimate of drug-likeness (QED) is 0.753. The van der Waals surface area contributed by atoms with Crippen LogP contribution in [0.3, 0.4) is 0 Å². The van der Waals surface area contributed by atoms with Crippen LogP contribution < -0.4 is 4.74 Å². The van der Waals surface area contributed by atoms with Crippen molar-refractivity contribution in [1.29, 1.82) is 5.26 Å². The van der Waals surface area contributed by atoms with Crippen LogP contribution in [-0.2, 0) is 6.42 Å². The minimum Gasteiger partial charge on any atom is -0.496 e. The van der Waals surface area contributed by atoms with Crippen molar-refractivity contribution in [2.45, 2.75) is 12.8 Å². The Morgan fingerprint density at radius 3 is 2.80 bits per heavy atom. The lowest BCUT2D eigenvalue weighted by atomic mass is 10.1. The van der Waals surface area contributed by atoms with Crippen LogP contribution >= 0.6 is 11.6 Å². The first-order valence-corrected chi connectivity index (χ1v) is 4.36. The maximum Gasteiger partial charge on any atom is 0.280 e. The number of hydrogen-bond acceptors (Lipinski definition) is 3. The van der Waals surface area contributed by atoms with Gasteiger partial charge >= 0.3 is 0 Å². The van der Waals surface area contributed by atoms with E-state index in [9.17, 15) is 8.78 Å². The zero-order chi connectivity index (χ0) is 11.4. The van der Waals surface area contributed by atoms with Crippen molar-refractivity contribution >= 4 is 11.6 Å². The van der Waals surface area contributed by atoms with Crippen molar-refractivity contribution < 1.29 is 13.5 Å². The highest BCUT2D eigenvalue weighted by Gasteiger charge is 2.19. The average molecular weight is 233 g/mol. The number of hydrogen-bond donors (Lipinski definition) is 0. The Hall–Kier alpha value is -1.41. The van der Waals surface area contributed by atoms with Gasteiger partial charge in [-0.05, 0) is 0 Å². The highest BCUT2D eigenvalue weighted by Crippen LogP contribution is 2.30. The van der Waals surface area contributed by atoms with Gasteiger partial charge in [-0.3, -0.25) is 0 Å². The van der Waals surface area contributed by atoms with Crippen molar-refractivity contribution in [3.63, 3.8) is 0 Å². The molecule has 1 heterocycles. The van der Waals surface area contributed by atoms with Crippen LogP contribution in [0.25, 0.3) is 0 Å². The summed E-state index contributed by atoms with van der Waals surface area (Å²) >= 11 is 5.54. The first-order chi connectivity index (χ1) is 7.10. The standard InChI is InChI=1S/C9H7ClF2N2O/c1-15-6-4-7(10)14-8(9(11)12)5(6)2-3-13/h4,9H,2H2,1H3. The molecule has 1 rings (SSSR count). The molecule has 0 aromatic carbocycles. The normalized spacial score (nSPS) is 10.1. The van der Waals surface area contributed by atoms with E-state index in [1.165, 1.54) is 13.2 Å². The Balaban J connectivity index is 3.34. The maximum absolute atomic E-state index is 12.6. The van der Waals surface area contributed by atoms with Crippen LogP contribution in [-0.4, -0.2) is 12.1 Å². The molecule has 0 aliphatic heterocycles.